The molecule has 1 aromatic heterocycles. The first-order chi connectivity index (χ1) is 11.4. The van der Waals surface area contributed by atoms with Gasteiger partial charge in [0, 0.05) is 33.6 Å². The highest BCUT2D eigenvalue weighted by Crippen LogP contribution is 2.13. The lowest BCUT2D eigenvalue weighted by molar-refractivity contribution is -0.135. The smallest absolute Gasteiger partial charge is 0.245 e. The first kappa shape index (κ1) is 17.5. The highest BCUT2D eigenvalue weighted by Gasteiger charge is 2.24. The van der Waals surface area contributed by atoms with Gasteiger partial charge in [-0.25, -0.2) is 0 Å². The van der Waals surface area contributed by atoms with Gasteiger partial charge in [-0.05, 0) is 23.8 Å². The van der Waals surface area contributed by atoms with Crippen molar-refractivity contribution in [1.82, 2.24) is 20.0 Å². The number of amides is 2. The molecule has 7 nitrogen and oxygen atoms in total. The second-order valence-electron chi connectivity index (χ2n) is 5.76. The van der Waals surface area contributed by atoms with Gasteiger partial charge in [-0.2, -0.15) is 5.10 Å². The average molecular weight is 330 g/mol. The Bertz CT molecular complexity index is 709. The van der Waals surface area contributed by atoms with Gasteiger partial charge in [-0.15, -0.1) is 0 Å². The molecule has 0 aliphatic rings. The molecule has 2 amide bonds. The van der Waals surface area contributed by atoms with E-state index in [1.807, 2.05) is 13.1 Å². The van der Waals surface area contributed by atoms with Crippen molar-refractivity contribution in [3.63, 3.8) is 0 Å². The third-order valence-corrected chi connectivity index (χ3v) is 3.75. The third kappa shape index (κ3) is 4.58. The van der Waals surface area contributed by atoms with Crippen molar-refractivity contribution in [2.75, 3.05) is 7.05 Å². The maximum absolute atomic E-state index is 12.7. The summed E-state index contributed by atoms with van der Waals surface area (Å²) in [5.41, 5.74) is 1.76. The Morgan fingerprint density at radius 1 is 1.29 bits per heavy atom. The normalized spacial score (nSPS) is 11.8. The minimum absolute atomic E-state index is 0.162. The first-order valence-electron chi connectivity index (χ1n) is 7.63. The average Bonchev–Trinajstić information content (AvgIpc) is 2.92. The highest BCUT2D eigenvalue weighted by atomic mass is 16.3. The van der Waals surface area contributed by atoms with Crippen LogP contribution in [0.2, 0.25) is 0 Å². The van der Waals surface area contributed by atoms with Gasteiger partial charge >= 0.3 is 0 Å². The van der Waals surface area contributed by atoms with Crippen molar-refractivity contribution in [2.45, 2.75) is 25.9 Å². The molecule has 0 fully saturated rings. The molecule has 0 saturated carbocycles. The van der Waals surface area contributed by atoms with Crippen molar-refractivity contribution in [1.29, 1.82) is 0 Å². The van der Waals surface area contributed by atoms with Gasteiger partial charge in [-0.1, -0.05) is 12.1 Å². The molecule has 2 aromatic rings. The van der Waals surface area contributed by atoms with E-state index >= 15 is 0 Å². The van der Waals surface area contributed by atoms with E-state index in [0.29, 0.717) is 13.0 Å². The number of nitrogens with one attached hydrogen (secondary N) is 1. The Labute approximate surface area is 140 Å². The minimum Gasteiger partial charge on any atom is -0.508 e. The predicted octanol–water partition coefficient (Wildman–Crippen LogP) is 0.831. The molecule has 0 spiro atoms. The maximum atomic E-state index is 12.7. The standard InChI is InChI=1S/C17H22N4O3/c1-12(22)19-16(10-13-4-6-15(23)7-5-13)17(24)20(2)11-14-8-9-18-21(14)3/h4-9,16,23H,10-11H2,1-3H3,(H,19,22)/t16-/m0/s1. The second-order valence-corrected chi connectivity index (χ2v) is 5.76. The summed E-state index contributed by atoms with van der Waals surface area (Å²) >= 11 is 0. The molecule has 2 N–H and O–H groups in total. The number of phenols is 1. The number of rotatable bonds is 6. The minimum atomic E-state index is -0.662. The second kappa shape index (κ2) is 7.63. The Morgan fingerprint density at radius 3 is 2.50 bits per heavy atom. The van der Waals surface area contributed by atoms with Crippen LogP contribution < -0.4 is 5.32 Å². The number of carbonyl (C=O) groups is 2. The van der Waals surface area contributed by atoms with Crippen LogP contribution in [0.25, 0.3) is 0 Å². The summed E-state index contributed by atoms with van der Waals surface area (Å²) < 4.78 is 1.71. The number of hydrogen-bond acceptors (Lipinski definition) is 4. The van der Waals surface area contributed by atoms with Gasteiger partial charge in [0.25, 0.3) is 0 Å². The SMILES string of the molecule is CC(=O)N[C@@H](Cc1ccc(O)cc1)C(=O)N(C)Cc1ccnn1C. The van der Waals surface area contributed by atoms with Crippen molar-refractivity contribution < 1.29 is 14.7 Å². The van der Waals surface area contributed by atoms with Crippen molar-refractivity contribution in [3.8, 4) is 5.75 Å². The van der Waals surface area contributed by atoms with Crippen LogP contribution in [0.5, 0.6) is 5.75 Å². The fraction of sp³-hybridized carbons (Fsp3) is 0.353. The number of likely N-dealkylation sites (N-methyl/N-ethyl adjacent to an activating group) is 1. The maximum Gasteiger partial charge on any atom is 0.245 e. The number of phenolic OH excluding ortho intramolecular Hbond substituents is 1. The highest BCUT2D eigenvalue weighted by molar-refractivity contribution is 5.87. The zero-order valence-corrected chi connectivity index (χ0v) is 14.1. The number of hydrogen-bond donors (Lipinski definition) is 2. The van der Waals surface area contributed by atoms with Crippen LogP contribution in [0.15, 0.2) is 36.5 Å². The molecule has 0 saturated heterocycles. The Kier molecular flexibility index (Phi) is 5.57. The Morgan fingerprint density at radius 2 is 1.96 bits per heavy atom. The van der Waals surface area contributed by atoms with Gasteiger partial charge in [-0.3, -0.25) is 14.3 Å². The van der Waals surface area contributed by atoms with Gasteiger partial charge in [0.05, 0.1) is 12.2 Å². The fourth-order valence-electron chi connectivity index (χ4n) is 2.46. The van der Waals surface area contributed by atoms with Crippen molar-refractivity contribution in [3.05, 3.63) is 47.8 Å². The zero-order chi connectivity index (χ0) is 17.7. The number of aromatic hydroxyl groups is 1. The van der Waals surface area contributed by atoms with E-state index in [4.69, 9.17) is 0 Å². The summed E-state index contributed by atoms with van der Waals surface area (Å²) in [5.74, 6) is -0.282. The monoisotopic (exact) mass is 330 g/mol. The molecule has 0 radical (unpaired) electrons. The van der Waals surface area contributed by atoms with E-state index < -0.39 is 6.04 Å². The van der Waals surface area contributed by atoms with Crippen LogP contribution in [0.4, 0.5) is 0 Å². The first-order valence-corrected chi connectivity index (χ1v) is 7.63. The van der Waals surface area contributed by atoms with E-state index in [9.17, 15) is 14.7 Å². The Balaban J connectivity index is 2.10. The Hall–Kier alpha value is -2.83. The number of nitrogens with zero attached hydrogens (tertiary/aromatic N) is 3. The molecular weight excluding hydrogens is 308 g/mol. The van der Waals surface area contributed by atoms with E-state index in [1.165, 1.54) is 6.92 Å². The molecule has 0 aliphatic heterocycles. The van der Waals surface area contributed by atoms with Crippen molar-refractivity contribution in [2.24, 2.45) is 7.05 Å². The molecule has 7 heteroatoms. The predicted molar refractivity (Wildman–Crippen MR) is 89.1 cm³/mol. The summed E-state index contributed by atoms with van der Waals surface area (Å²) in [4.78, 5) is 25.7. The topological polar surface area (TPSA) is 87.5 Å². The van der Waals surface area contributed by atoms with Crippen LogP contribution in [-0.2, 0) is 29.6 Å². The van der Waals surface area contributed by atoms with E-state index in [0.717, 1.165) is 11.3 Å². The zero-order valence-electron chi connectivity index (χ0n) is 14.1. The van der Waals surface area contributed by atoms with Crippen LogP contribution in [0.3, 0.4) is 0 Å². The largest absolute Gasteiger partial charge is 0.508 e. The summed E-state index contributed by atoms with van der Waals surface area (Å²) in [5, 5.41) is 16.1. The fourth-order valence-corrected chi connectivity index (χ4v) is 2.46. The molecule has 1 aromatic carbocycles. The van der Waals surface area contributed by atoms with Crippen LogP contribution in [-0.4, -0.2) is 44.7 Å². The molecule has 0 bridgehead atoms. The molecule has 24 heavy (non-hydrogen) atoms. The van der Waals surface area contributed by atoms with Crippen LogP contribution >= 0.6 is 0 Å². The van der Waals surface area contributed by atoms with Gasteiger partial charge in [0.1, 0.15) is 11.8 Å². The molecule has 1 heterocycles. The van der Waals surface area contributed by atoms with Crippen molar-refractivity contribution >= 4 is 11.8 Å². The van der Waals surface area contributed by atoms with Crippen LogP contribution in [0.1, 0.15) is 18.2 Å². The lowest BCUT2D eigenvalue weighted by atomic mass is 10.0. The number of aromatic nitrogens is 2. The van der Waals surface area contributed by atoms with Gasteiger partial charge in [0.15, 0.2) is 0 Å². The van der Waals surface area contributed by atoms with E-state index in [2.05, 4.69) is 10.4 Å². The van der Waals surface area contributed by atoms with Gasteiger partial charge < -0.3 is 15.3 Å². The lowest BCUT2D eigenvalue weighted by Crippen LogP contribution is -2.47. The van der Waals surface area contributed by atoms with Crippen LogP contribution in [0, 0.1) is 0 Å². The van der Waals surface area contributed by atoms with E-state index in [-0.39, 0.29) is 17.6 Å². The van der Waals surface area contributed by atoms with Gasteiger partial charge in [0.2, 0.25) is 11.8 Å². The molecule has 2 rings (SSSR count). The summed E-state index contributed by atoms with van der Waals surface area (Å²) in [7, 11) is 3.51. The number of aryl methyl sites for hydroxylation is 1. The molecule has 128 valence electrons. The quantitative estimate of drug-likeness (QED) is 0.821. The van der Waals surface area contributed by atoms with E-state index in [1.54, 1.807) is 47.1 Å². The molecule has 0 unspecified atom stereocenters. The third-order valence-electron chi connectivity index (χ3n) is 3.75. The summed E-state index contributed by atoms with van der Waals surface area (Å²) in [6.45, 7) is 1.79. The number of benzene rings is 1. The molecule has 1 atom stereocenters. The lowest BCUT2D eigenvalue weighted by Gasteiger charge is -2.24. The molecule has 0 aliphatic carbocycles. The molecular formula is C17H22N4O3. The summed E-state index contributed by atoms with van der Waals surface area (Å²) in [6.07, 6.45) is 2.03. The number of carbonyl (C=O) groups excluding carboxylic acids is 2. The summed E-state index contributed by atoms with van der Waals surface area (Å²) in [6, 6.07) is 7.77.